The molecule has 12 heteroatoms. The largest absolute Gasteiger partial charge is 0.683 e. The van der Waals surface area contributed by atoms with Gasteiger partial charge in [-0.1, -0.05) is 29.1 Å². The molecular formula is C28H30N4O7S. The Morgan fingerprint density at radius 2 is 1.62 bits per heavy atom. The number of carbonyl (C=O) groups excluding carboxylic acids is 3. The summed E-state index contributed by atoms with van der Waals surface area (Å²) in [5.41, 5.74) is 0.113. The van der Waals surface area contributed by atoms with Gasteiger partial charge in [0.15, 0.2) is 5.78 Å². The second-order valence-electron chi connectivity index (χ2n) is 9.49. The van der Waals surface area contributed by atoms with E-state index in [0.29, 0.717) is 44.7 Å². The summed E-state index contributed by atoms with van der Waals surface area (Å²) in [6.45, 7) is 6.51. The van der Waals surface area contributed by atoms with Gasteiger partial charge in [0.05, 0.1) is 24.8 Å². The number of morpholine rings is 1. The number of nitrogens with zero attached hydrogens (tertiary/aromatic N) is 4. The van der Waals surface area contributed by atoms with Gasteiger partial charge >= 0.3 is 6.09 Å². The Morgan fingerprint density at radius 3 is 2.17 bits per heavy atom. The van der Waals surface area contributed by atoms with Crippen molar-refractivity contribution in [3.8, 4) is 6.07 Å². The molecule has 1 saturated heterocycles. The molecule has 1 aliphatic rings. The van der Waals surface area contributed by atoms with Crippen molar-refractivity contribution in [1.82, 2.24) is 4.90 Å². The van der Waals surface area contributed by atoms with Gasteiger partial charge in [0.1, 0.15) is 10.6 Å². The summed E-state index contributed by atoms with van der Waals surface area (Å²) in [5.74, 6) is -0.488. The summed E-state index contributed by atoms with van der Waals surface area (Å²) < 4.78 is 5.41. The van der Waals surface area contributed by atoms with E-state index in [2.05, 4.69) is 14.9 Å². The number of rotatable bonds is 12. The van der Waals surface area contributed by atoms with Gasteiger partial charge in [0.2, 0.25) is 5.78 Å². The maximum absolute atomic E-state index is 13.2. The number of amides is 1. The number of ether oxygens (including phenoxy) is 1. The highest BCUT2D eigenvalue weighted by Crippen LogP contribution is 2.29. The number of nitro groups is 1. The Bertz CT molecular complexity index is 1300. The lowest BCUT2D eigenvalue weighted by Crippen LogP contribution is -2.54. The van der Waals surface area contributed by atoms with Crippen LogP contribution >= 0.6 is 11.8 Å². The highest BCUT2D eigenvalue weighted by atomic mass is 32.2. The zero-order valence-electron chi connectivity index (χ0n) is 22.3. The summed E-state index contributed by atoms with van der Waals surface area (Å²) in [6, 6.07) is 16.0. The maximum atomic E-state index is 13.2. The van der Waals surface area contributed by atoms with Crippen LogP contribution in [0.1, 0.15) is 60.2 Å². The molecule has 1 amide bonds. The number of Topliss-reactive ketones (excluding diaryl/α,β-unsaturated/α-hetero) is 2. The smallest absolute Gasteiger partial charge is 0.379 e. The summed E-state index contributed by atoms with van der Waals surface area (Å²) >= 11 is 1.45. The van der Waals surface area contributed by atoms with E-state index in [4.69, 9.17) is 10.00 Å². The van der Waals surface area contributed by atoms with E-state index in [-0.39, 0.29) is 29.9 Å². The Labute approximate surface area is 236 Å². The second kappa shape index (κ2) is 14.5. The van der Waals surface area contributed by atoms with Crippen LogP contribution in [-0.4, -0.2) is 65.0 Å². The molecule has 0 spiro atoms. The fraction of sp³-hybridized carbons (Fsp3) is 0.393. The monoisotopic (exact) mass is 566 g/mol. The Hall–Kier alpha value is -3.92. The molecule has 1 heterocycles. The fourth-order valence-corrected chi connectivity index (χ4v) is 4.91. The normalized spacial score (nSPS) is 14.3. The van der Waals surface area contributed by atoms with Crippen molar-refractivity contribution < 1.29 is 28.9 Å². The molecule has 2 aromatic rings. The van der Waals surface area contributed by atoms with Crippen molar-refractivity contribution in [3.05, 3.63) is 69.8 Å². The average molecular weight is 567 g/mol. The third kappa shape index (κ3) is 8.29. The molecule has 0 aromatic heterocycles. The standard InChI is InChI=1S/C28H30N4O7S/c1-28(2,31-16-18-38-19-17-31)26(34)21-9-13-23(14-10-21)40-22-11-7-20(8-12-22)25(33)24(6-4-3-5-15-29)30-39-27(35)32(36)37/h7-14H,3-6,16-19H2,1-2H3/b30-24+. The van der Waals surface area contributed by atoms with E-state index in [0.717, 1.165) is 9.79 Å². The number of hydrogen-bond donors (Lipinski definition) is 0. The van der Waals surface area contributed by atoms with Crippen LogP contribution < -0.4 is 0 Å². The topological polar surface area (TPSA) is 152 Å². The number of ketones is 2. The van der Waals surface area contributed by atoms with Crippen LogP contribution in [0.2, 0.25) is 0 Å². The molecule has 40 heavy (non-hydrogen) atoms. The molecule has 1 aliphatic heterocycles. The van der Waals surface area contributed by atoms with E-state index < -0.39 is 22.3 Å². The molecule has 0 atom stereocenters. The van der Waals surface area contributed by atoms with Crippen molar-refractivity contribution in [3.63, 3.8) is 0 Å². The van der Waals surface area contributed by atoms with E-state index in [1.807, 2.05) is 44.2 Å². The predicted octanol–water partition coefficient (Wildman–Crippen LogP) is 5.17. The second-order valence-corrected chi connectivity index (χ2v) is 10.6. The Kier molecular flexibility index (Phi) is 11.1. The van der Waals surface area contributed by atoms with Gasteiger partial charge in [-0.05, 0) is 69.5 Å². The van der Waals surface area contributed by atoms with Crippen LogP contribution in [-0.2, 0) is 9.57 Å². The highest BCUT2D eigenvalue weighted by molar-refractivity contribution is 7.99. The zero-order chi connectivity index (χ0) is 29.1. The number of unbranched alkanes of at least 4 members (excludes halogenated alkanes) is 2. The molecule has 3 rings (SSSR count). The molecular weight excluding hydrogens is 536 g/mol. The Balaban J connectivity index is 1.66. The molecule has 0 bridgehead atoms. The average Bonchev–Trinajstić information content (AvgIpc) is 2.97. The van der Waals surface area contributed by atoms with Crippen LogP contribution in [0.15, 0.2) is 63.5 Å². The van der Waals surface area contributed by atoms with E-state index >= 15 is 0 Å². The van der Waals surface area contributed by atoms with Crippen molar-refractivity contribution in [1.29, 1.82) is 5.26 Å². The first-order chi connectivity index (χ1) is 19.1. The molecule has 11 nitrogen and oxygen atoms in total. The van der Waals surface area contributed by atoms with Gasteiger partial charge in [-0.3, -0.25) is 29.4 Å². The van der Waals surface area contributed by atoms with E-state index in [1.54, 1.807) is 24.3 Å². The number of benzene rings is 2. The molecule has 0 N–H and O–H groups in total. The van der Waals surface area contributed by atoms with Crippen LogP contribution in [0.3, 0.4) is 0 Å². The first-order valence-electron chi connectivity index (χ1n) is 12.7. The maximum Gasteiger partial charge on any atom is 0.683 e. The first kappa shape index (κ1) is 30.6. The lowest BCUT2D eigenvalue weighted by Gasteiger charge is -2.39. The molecule has 0 unspecified atom stereocenters. The van der Waals surface area contributed by atoms with Gasteiger partial charge in [-0.2, -0.15) is 10.1 Å². The summed E-state index contributed by atoms with van der Waals surface area (Å²) in [4.78, 5) is 54.7. The SMILES string of the molecule is CC(C)(C(=O)c1ccc(Sc2ccc(C(=O)/C(CCCCC#N)=N/OC(=O)[N+](=O)[O-])cc2)cc1)N1CCOCC1. The van der Waals surface area contributed by atoms with Gasteiger partial charge in [0, 0.05) is 40.4 Å². The fourth-order valence-electron chi connectivity index (χ4n) is 4.10. The van der Waals surface area contributed by atoms with Gasteiger partial charge in [0.25, 0.3) is 0 Å². The quantitative estimate of drug-likeness (QED) is 0.0840. The summed E-state index contributed by atoms with van der Waals surface area (Å²) in [7, 11) is 0. The Morgan fingerprint density at radius 1 is 1.05 bits per heavy atom. The third-order valence-electron chi connectivity index (χ3n) is 6.42. The minimum atomic E-state index is -1.79. The van der Waals surface area contributed by atoms with Crippen LogP contribution in [0.25, 0.3) is 0 Å². The number of nitriles is 1. The lowest BCUT2D eigenvalue weighted by atomic mass is 9.91. The van der Waals surface area contributed by atoms with Crippen LogP contribution in [0.4, 0.5) is 4.79 Å². The van der Waals surface area contributed by atoms with E-state index in [9.17, 15) is 24.5 Å². The van der Waals surface area contributed by atoms with E-state index in [1.165, 1.54) is 11.8 Å². The molecule has 0 saturated carbocycles. The van der Waals surface area contributed by atoms with Crippen molar-refractivity contribution in [2.24, 2.45) is 5.16 Å². The predicted molar refractivity (Wildman–Crippen MR) is 147 cm³/mol. The minimum Gasteiger partial charge on any atom is -0.379 e. The third-order valence-corrected chi connectivity index (χ3v) is 7.44. The lowest BCUT2D eigenvalue weighted by molar-refractivity contribution is -0.396. The zero-order valence-corrected chi connectivity index (χ0v) is 23.1. The van der Waals surface area contributed by atoms with Crippen LogP contribution in [0.5, 0.6) is 0 Å². The molecule has 0 aliphatic carbocycles. The molecule has 210 valence electrons. The van der Waals surface area contributed by atoms with Gasteiger partial charge < -0.3 is 4.74 Å². The van der Waals surface area contributed by atoms with Crippen molar-refractivity contribution in [2.45, 2.75) is 54.9 Å². The molecule has 1 fully saturated rings. The molecule has 0 radical (unpaired) electrons. The number of hydrogen-bond acceptors (Lipinski definition) is 11. The van der Waals surface area contributed by atoms with Gasteiger partial charge in [-0.15, -0.1) is 0 Å². The van der Waals surface area contributed by atoms with Crippen LogP contribution in [0, 0.1) is 21.4 Å². The van der Waals surface area contributed by atoms with Gasteiger partial charge in [-0.25, -0.2) is 0 Å². The van der Waals surface area contributed by atoms with Crippen molar-refractivity contribution >= 4 is 35.1 Å². The van der Waals surface area contributed by atoms with Crippen molar-refractivity contribution in [2.75, 3.05) is 26.3 Å². The number of oxime groups is 1. The number of carbonyl (C=O) groups is 3. The molecule has 2 aromatic carbocycles. The summed E-state index contributed by atoms with van der Waals surface area (Å²) in [5, 5.41) is 22.6. The summed E-state index contributed by atoms with van der Waals surface area (Å²) in [6.07, 6.45) is -0.495. The first-order valence-corrected chi connectivity index (χ1v) is 13.5. The minimum absolute atomic E-state index is 0.0443. The highest BCUT2D eigenvalue weighted by Gasteiger charge is 2.35.